The standard InChI is InChI=1S/C19H23N3O2S/c1-19(2)13-21(12-14-6-3-4-8-16(14)24-19)17(23)15-7-5-10-22(15)18-20-9-11-25-18/h3-4,6,8-9,11,15H,5,7,10,12-13H2,1-2H3. The second-order valence-electron chi connectivity index (χ2n) is 7.33. The van der Waals surface area contributed by atoms with Gasteiger partial charge in [-0.15, -0.1) is 11.3 Å². The molecule has 1 amide bonds. The molecular formula is C19H23N3O2S. The first kappa shape index (κ1) is 16.4. The first-order valence-corrected chi connectivity index (χ1v) is 9.63. The van der Waals surface area contributed by atoms with Gasteiger partial charge in [-0.1, -0.05) is 18.2 Å². The van der Waals surface area contributed by atoms with Crippen LogP contribution in [-0.4, -0.2) is 40.5 Å². The van der Waals surface area contributed by atoms with Gasteiger partial charge in [0, 0.05) is 30.2 Å². The van der Waals surface area contributed by atoms with Crippen molar-refractivity contribution in [3.8, 4) is 5.75 Å². The summed E-state index contributed by atoms with van der Waals surface area (Å²) in [4.78, 5) is 21.9. The summed E-state index contributed by atoms with van der Waals surface area (Å²) in [7, 11) is 0. The lowest BCUT2D eigenvalue weighted by atomic mass is 10.1. The zero-order chi connectivity index (χ0) is 17.4. The number of amides is 1. The highest BCUT2D eigenvalue weighted by atomic mass is 32.1. The summed E-state index contributed by atoms with van der Waals surface area (Å²) in [5, 5.41) is 2.91. The van der Waals surface area contributed by atoms with Gasteiger partial charge in [-0.3, -0.25) is 4.79 Å². The van der Waals surface area contributed by atoms with Gasteiger partial charge in [-0.2, -0.15) is 0 Å². The van der Waals surface area contributed by atoms with Crippen molar-refractivity contribution in [1.82, 2.24) is 9.88 Å². The molecule has 0 aliphatic carbocycles. The zero-order valence-corrected chi connectivity index (χ0v) is 15.5. The van der Waals surface area contributed by atoms with E-state index in [4.69, 9.17) is 4.74 Å². The molecule has 1 unspecified atom stereocenters. The second kappa shape index (κ2) is 6.33. The molecule has 1 aromatic carbocycles. The smallest absolute Gasteiger partial charge is 0.245 e. The van der Waals surface area contributed by atoms with E-state index in [0.717, 1.165) is 35.8 Å². The molecule has 3 heterocycles. The highest BCUT2D eigenvalue weighted by Crippen LogP contribution is 2.32. The molecule has 0 N–H and O–H groups in total. The minimum absolute atomic E-state index is 0.118. The van der Waals surface area contributed by atoms with E-state index in [-0.39, 0.29) is 11.9 Å². The fourth-order valence-electron chi connectivity index (χ4n) is 3.76. The van der Waals surface area contributed by atoms with E-state index in [1.807, 2.05) is 48.4 Å². The minimum atomic E-state index is -0.410. The third-order valence-corrected chi connectivity index (χ3v) is 5.61. The Balaban J connectivity index is 1.61. The number of thiazole rings is 1. The van der Waals surface area contributed by atoms with Crippen molar-refractivity contribution in [2.24, 2.45) is 0 Å². The average Bonchev–Trinajstić information content (AvgIpc) is 3.23. The number of carbonyl (C=O) groups excluding carboxylic acids is 1. The Kier molecular flexibility index (Phi) is 4.15. The van der Waals surface area contributed by atoms with Crippen LogP contribution < -0.4 is 9.64 Å². The second-order valence-corrected chi connectivity index (χ2v) is 8.20. The average molecular weight is 357 g/mol. The molecule has 1 aromatic heterocycles. The first-order valence-electron chi connectivity index (χ1n) is 8.75. The van der Waals surface area contributed by atoms with E-state index in [0.29, 0.717) is 13.1 Å². The van der Waals surface area contributed by atoms with Crippen molar-refractivity contribution in [1.29, 1.82) is 0 Å². The van der Waals surface area contributed by atoms with Gasteiger partial charge in [0.25, 0.3) is 0 Å². The van der Waals surface area contributed by atoms with Crippen LogP contribution in [0.15, 0.2) is 35.8 Å². The van der Waals surface area contributed by atoms with Crippen molar-refractivity contribution in [3.05, 3.63) is 41.4 Å². The number of fused-ring (bicyclic) bond motifs is 1. The molecule has 1 fully saturated rings. The van der Waals surface area contributed by atoms with Crippen LogP contribution in [0.2, 0.25) is 0 Å². The Morgan fingerprint density at radius 3 is 3.00 bits per heavy atom. The number of nitrogens with zero attached hydrogens (tertiary/aromatic N) is 3. The fourth-order valence-corrected chi connectivity index (χ4v) is 4.48. The summed E-state index contributed by atoms with van der Waals surface area (Å²) in [5.41, 5.74) is 0.660. The molecule has 2 aliphatic heterocycles. The lowest BCUT2D eigenvalue weighted by Gasteiger charge is -2.33. The lowest BCUT2D eigenvalue weighted by molar-refractivity contribution is -0.135. The van der Waals surface area contributed by atoms with Crippen LogP contribution >= 0.6 is 11.3 Å². The predicted molar refractivity (Wildman–Crippen MR) is 99.0 cm³/mol. The van der Waals surface area contributed by atoms with Crippen LogP contribution in [-0.2, 0) is 11.3 Å². The number of para-hydroxylation sites is 1. The van der Waals surface area contributed by atoms with Gasteiger partial charge >= 0.3 is 0 Å². The molecule has 0 bridgehead atoms. The van der Waals surface area contributed by atoms with Crippen molar-refractivity contribution in [2.45, 2.75) is 44.9 Å². The summed E-state index contributed by atoms with van der Waals surface area (Å²) in [6, 6.07) is 7.90. The largest absolute Gasteiger partial charge is 0.486 e. The Hall–Kier alpha value is -2.08. The monoisotopic (exact) mass is 357 g/mol. The van der Waals surface area contributed by atoms with Crippen LogP contribution in [0.5, 0.6) is 5.75 Å². The van der Waals surface area contributed by atoms with Gasteiger partial charge in [0.15, 0.2) is 5.13 Å². The molecule has 5 nitrogen and oxygen atoms in total. The fraction of sp³-hybridized carbons (Fsp3) is 0.474. The number of hydrogen-bond donors (Lipinski definition) is 0. The summed E-state index contributed by atoms with van der Waals surface area (Å²) in [6.07, 6.45) is 3.72. The van der Waals surface area contributed by atoms with Gasteiger partial charge in [0.2, 0.25) is 5.91 Å². The van der Waals surface area contributed by atoms with E-state index in [1.54, 1.807) is 17.5 Å². The van der Waals surface area contributed by atoms with E-state index < -0.39 is 5.60 Å². The maximum Gasteiger partial charge on any atom is 0.245 e. The SMILES string of the molecule is CC1(C)CN(C(=O)C2CCCN2c2nccs2)Cc2ccccc2O1. The number of hydrogen-bond acceptors (Lipinski definition) is 5. The molecule has 25 heavy (non-hydrogen) atoms. The molecule has 2 aromatic rings. The third kappa shape index (κ3) is 3.23. The van der Waals surface area contributed by atoms with Gasteiger partial charge in [-0.25, -0.2) is 4.98 Å². The van der Waals surface area contributed by atoms with Gasteiger partial charge in [0.05, 0.1) is 6.54 Å². The molecule has 0 saturated carbocycles. The van der Waals surface area contributed by atoms with Crippen molar-refractivity contribution < 1.29 is 9.53 Å². The first-order chi connectivity index (χ1) is 12.0. The lowest BCUT2D eigenvalue weighted by Crippen LogP contribution is -2.50. The highest BCUT2D eigenvalue weighted by Gasteiger charge is 2.38. The summed E-state index contributed by atoms with van der Waals surface area (Å²) in [5.74, 6) is 1.06. The Morgan fingerprint density at radius 1 is 1.36 bits per heavy atom. The summed E-state index contributed by atoms with van der Waals surface area (Å²) < 4.78 is 6.17. The number of ether oxygens (including phenoxy) is 1. The molecule has 1 atom stereocenters. The molecule has 6 heteroatoms. The number of benzene rings is 1. The van der Waals surface area contributed by atoms with Crippen LogP contribution in [0.1, 0.15) is 32.3 Å². The predicted octanol–water partition coefficient (Wildman–Crippen LogP) is 3.31. The number of carbonyl (C=O) groups is 1. The van der Waals surface area contributed by atoms with Crippen LogP contribution in [0.4, 0.5) is 5.13 Å². The Morgan fingerprint density at radius 2 is 2.20 bits per heavy atom. The third-order valence-electron chi connectivity index (χ3n) is 4.81. The normalized spacial score (nSPS) is 22.2. The Labute approximate surface area is 152 Å². The molecular weight excluding hydrogens is 334 g/mol. The molecule has 132 valence electrons. The highest BCUT2D eigenvalue weighted by molar-refractivity contribution is 7.13. The van der Waals surface area contributed by atoms with Crippen molar-refractivity contribution in [2.75, 3.05) is 18.0 Å². The molecule has 4 rings (SSSR count). The van der Waals surface area contributed by atoms with Gasteiger partial charge in [-0.05, 0) is 32.8 Å². The van der Waals surface area contributed by atoms with Crippen LogP contribution in [0.3, 0.4) is 0 Å². The van der Waals surface area contributed by atoms with Gasteiger partial charge in [0.1, 0.15) is 17.4 Å². The topological polar surface area (TPSA) is 45.7 Å². The van der Waals surface area contributed by atoms with Gasteiger partial charge < -0.3 is 14.5 Å². The number of anilines is 1. The molecule has 1 saturated heterocycles. The van der Waals surface area contributed by atoms with E-state index in [9.17, 15) is 4.79 Å². The maximum absolute atomic E-state index is 13.4. The Bertz CT molecular complexity index is 760. The summed E-state index contributed by atoms with van der Waals surface area (Å²) in [6.45, 7) is 6.17. The maximum atomic E-state index is 13.4. The van der Waals surface area contributed by atoms with Crippen LogP contribution in [0.25, 0.3) is 0 Å². The molecule has 0 spiro atoms. The number of rotatable bonds is 2. The van der Waals surface area contributed by atoms with E-state index in [1.165, 1.54) is 0 Å². The van der Waals surface area contributed by atoms with E-state index >= 15 is 0 Å². The van der Waals surface area contributed by atoms with E-state index in [2.05, 4.69) is 9.88 Å². The minimum Gasteiger partial charge on any atom is -0.486 e. The molecule has 0 radical (unpaired) electrons. The van der Waals surface area contributed by atoms with Crippen molar-refractivity contribution in [3.63, 3.8) is 0 Å². The molecule has 2 aliphatic rings. The van der Waals surface area contributed by atoms with Crippen molar-refractivity contribution >= 4 is 22.4 Å². The number of aromatic nitrogens is 1. The zero-order valence-electron chi connectivity index (χ0n) is 14.6. The van der Waals surface area contributed by atoms with Crippen LogP contribution in [0, 0.1) is 0 Å². The quantitative estimate of drug-likeness (QED) is 0.827. The summed E-state index contributed by atoms with van der Waals surface area (Å²) >= 11 is 1.60.